The predicted octanol–water partition coefficient (Wildman–Crippen LogP) is -0.440. The van der Waals surface area contributed by atoms with Gasteiger partial charge in [-0.05, 0) is 24.4 Å². The molecule has 1 amide bonds. The number of hydrogen-bond acceptors (Lipinski definition) is 3. The molecule has 0 fully saturated rings. The lowest BCUT2D eigenvalue weighted by molar-refractivity contribution is 0.0943. The molecule has 0 saturated heterocycles. The number of aromatic nitrogens is 1. The van der Waals surface area contributed by atoms with E-state index in [9.17, 15) is 4.79 Å². The lowest BCUT2D eigenvalue weighted by Crippen LogP contribution is -2.44. The highest BCUT2D eigenvalue weighted by atomic mass is 32.1. The first-order valence-corrected chi connectivity index (χ1v) is 3.87. The van der Waals surface area contributed by atoms with Crippen LogP contribution in [0.2, 0.25) is 0 Å². The Labute approximate surface area is 80.3 Å². The maximum Gasteiger partial charge on any atom is 0.271 e. The molecule has 0 saturated carbocycles. The molecule has 5 nitrogen and oxygen atoms in total. The number of rotatable bonds is 1. The number of pyridine rings is 1. The van der Waals surface area contributed by atoms with Crippen molar-refractivity contribution >= 4 is 23.2 Å². The summed E-state index contributed by atoms with van der Waals surface area (Å²) >= 11 is 4.50. The zero-order valence-corrected chi connectivity index (χ0v) is 7.47. The van der Waals surface area contributed by atoms with Gasteiger partial charge in [0, 0.05) is 12.4 Å². The maximum absolute atomic E-state index is 11.2. The van der Waals surface area contributed by atoms with Gasteiger partial charge >= 0.3 is 0 Å². The molecule has 6 heteroatoms. The summed E-state index contributed by atoms with van der Waals surface area (Å²) in [5, 5.41) is 0.0113. The SMILES string of the molecule is NC(=S)NNC(=O)c1cccnc1. The summed E-state index contributed by atoms with van der Waals surface area (Å²) < 4.78 is 0. The second kappa shape index (κ2) is 4.36. The van der Waals surface area contributed by atoms with E-state index in [0.29, 0.717) is 5.56 Å². The van der Waals surface area contributed by atoms with Crippen molar-refractivity contribution < 1.29 is 4.79 Å². The number of nitrogens with two attached hydrogens (primary N) is 1. The van der Waals surface area contributed by atoms with Crippen molar-refractivity contribution in [3.8, 4) is 0 Å². The van der Waals surface area contributed by atoms with E-state index >= 15 is 0 Å². The van der Waals surface area contributed by atoms with Crippen molar-refractivity contribution in [3.05, 3.63) is 30.1 Å². The van der Waals surface area contributed by atoms with E-state index < -0.39 is 0 Å². The highest BCUT2D eigenvalue weighted by molar-refractivity contribution is 7.80. The molecular weight excluding hydrogens is 188 g/mol. The fraction of sp³-hybridized carbons (Fsp3) is 0. The molecule has 0 radical (unpaired) electrons. The molecule has 0 atom stereocenters. The third-order valence-corrected chi connectivity index (χ3v) is 1.33. The van der Waals surface area contributed by atoms with Crippen molar-refractivity contribution in [2.45, 2.75) is 0 Å². The minimum Gasteiger partial charge on any atom is -0.375 e. The lowest BCUT2D eigenvalue weighted by Gasteiger charge is -2.04. The van der Waals surface area contributed by atoms with Gasteiger partial charge in [-0.15, -0.1) is 0 Å². The standard InChI is InChI=1S/C7H8N4OS/c8-7(13)11-10-6(12)5-2-1-3-9-4-5/h1-4H,(H,10,12)(H3,8,11,13). The van der Waals surface area contributed by atoms with Crippen LogP contribution in [0.1, 0.15) is 10.4 Å². The van der Waals surface area contributed by atoms with E-state index in [1.165, 1.54) is 6.20 Å². The average Bonchev–Trinajstić information content (AvgIpc) is 2.15. The Morgan fingerprint density at radius 2 is 2.31 bits per heavy atom. The molecule has 0 aliphatic carbocycles. The normalized spacial score (nSPS) is 8.92. The summed E-state index contributed by atoms with van der Waals surface area (Å²) in [6, 6.07) is 3.29. The van der Waals surface area contributed by atoms with Crippen molar-refractivity contribution in [1.82, 2.24) is 15.8 Å². The van der Waals surface area contributed by atoms with Crippen LogP contribution in [0.5, 0.6) is 0 Å². The molecule has 0 bridgehead atoms. The Morgan fingerprint density at radius 1 is 1.54 bits per heavy atom. The van der Waals surface area contributed by atoms with Crippen molar-refractivity contribution in [1.29, 1.82) is 0 Å². The molecule has 1 rings (SSSR count). The first kappa shape index (κ1) is 9.40. The van der Waals surface area contributed by atoms with Gasteiger partial charge in [0.25, 0.3) is 5.91 Å². The number of carbonyl (C=O) groups is 1. The van der Waals surface area contributed by atoms with Crippen LogP contribution in [0.4, 0.5) is 0 Å². The minimum absolute atomic E-state index is 0.0113. The van der Waals surface area contributed by atoms with E-state index in [4.69, 9.17) is 5.73 Å². The van der Waals surface area contributed by atoms with E-state index in [1.807, 2.05) is 0 Å². The highest BCUT2D eigenvalue weighted by Gasteiger charge is 2.02. The fourth-order valence-electron chi connectivity index (χ4n) is 0.688. The number of thiocarbonyl (C=S) groups is 1. The van der Waals surface area contributed by atoms with Crippen molar-refractivity contribution in [2.75, 3.05) is 0 Å². The first-order chi connectivity index (χ1) is 6.20. The van der Waals surface area contributed by atoms with Crippen LogP contribution in [-0.4, -0.2) is 16.0 Å². The molecule has 0 unspecified atom stereocenters. The number of nitrogens with one attached hydrogen (secondary N) is 2. The van der Waals surface area contributed by atoms with Crippen molar-refractivity contribution in [3.63, 3.8) is 0 Å². The van der Waals surface area contributed by atoms with Crippen LogP contribution in [-0.2, 0) is 0 Å². The third kappa shape index (κ3) is 3.04. The van der Waals surface area contributed by atoms with E-state index in [-0.39, 0.29) is 11.0 Å². The maximum atomic E-state index is 11.2. The summed E-state index contributed by atoms with van der Waals surface area (Å²) in [4.78, 5) is 15.0. The highest BCUT2D eigenvalue weighted by Crippen LogP contribution is 1.93. The lowest BCUT2D eigenvalue weighted by atomic mass is 10.3. The van der Waals surface area contributed by atoms with Gasteiger partial charge in [0.1, 0.15) is 0 Å². The monoisotopic (exact) mass is 196 g/mol. The van der Waals surface area contributed by atoms with Crippen LogP contribution in [0.15, 0.2) is 24.5 Å². The second-order valence-electron chi connectivity index (χ2n) is 2.19. The molecule has 0 aliphatic heterocycles. The molecule has 0 aromatic carbocycles. The zero-order chi connectivity index (χ0) is 9.68. The largest absolute Gasteiger partial charge is 0.375 e. The van der Waals surface area contributed by atoms with Gasteiger partial charge in [-0.2, -0.15) is 0 Å². The molecule has 1 aromatic heterocycles. The molecule has 13 heavy (non-hydrogen) atoms. The number of amides is 1. The Kier molecular flexibility index (Phi) is 3.15. The van der Waals surface area contributed by atoms with Gasteiger partial charge in [0.05, 0.1) is 5.56 Å². The molecule has 1 aromatic rings. The van der Waals surface area contributed by atoms with Gasteiger partial charge in [-0.1, -0.05) is 0 Å². The number of carbonyl (C=O) groups excluding carboxylic acids is 1. The second-order valence-corrected chi connectivity index (χ2v) is 2.62. The van der Waals surface area contributed by atoms with Gasteiger partial charge in [-0.3, -0.25) is 20.6 Å². The quantitative estimate of drug-likeness (QED) is 0.419. The van der Waals surface area contributed by atoms with E-state index in [1.54, 1.807) is 18.3 Å². The van der Waals surface area contributed by atoms with Gasteiger partial charge in [-0.25, -0.2) is 0 Å². The smallest absolute Gasteiger partial charge is 0.271 e. The topological polar surface area (TPSA) is 80.0 Å². The molecule has 0 spiro atoms. The molecule has 4 N–H and O–H groups in total. The van der Waals surface area contributed by atoms with Crippen LogP contribution < -0.4 is 16.6 Å². The molecule has 1 heterocycles. The summed E-state index contributed by atoms with van der Waals surface area (Å²) in [6.07, 6.45) is 3.02. The van der Waals surface area contributed by atoms with Crippen LogP contribution in [0.3, 0.4) is 0 Å². The molecular formula is C7H8N4OS. The third-order valence-electron chi connectivity index (χ3n) is 1.22. The van der Waals surface area contributed by atoms with Gasteiger partial charge in [0.15, 0.2) is 5.11 Å². The molecule has 0 aliphatic rings. The number of hydrazine groups is 1. The summed E-state index contributed by atoms with van der Waals surface area (Å²) in [6.45, 7) is 0. The Morgan fingerprint density at radius 3 is 2.85 bits per heavy atom. The van der Waals surface area contributed by atoms with Gasteiger partial charge < -0.3 is 5.73 Å². The Hall–Kier alpha value is -1.69. The zero-order valence-electron chi connectivity index (χ0n) is 6.65. The number of nitrogens with zero attached hydrogens (tertiary/aromatic N) is 1. The van der Waals surface area contributed by atoms with Crippen molar-refractivity contribution in [2.24, 2.45) is 5.73 Å². The fourth-order valence-corrected chi connectivity index (χ4v) is 0.739. The average molecular weight is 196 g/mol. The minimum atomic E-state index is -0.332. The summed E-state index contributed by atoms with van der Waals surface area (Å²) in [7, 11) is 0. The van der Waals surface area contributed by atoms with Crippen LogP contribution >= 0.6 is 12.2 Å². The molecule has 68 valence electrons. The Bertz CT molecular complexity index is 314. The van der Waals surface area contributed by atoms with Crippen LogP contribution in [0.25, 0.3) is 0 Å². The number of hydrogen-bond donors (Lipinski definition) is 3. The van der Waals surface area contributed by atoms with Crippen LogP contribution in [0, 0.1) is 0 Å². The summed E-state index contributed by atoms with van der Waals surface area (Å²) in [5.41, 5.74) is 10.2. The van der Waals surface area contributed by atoms with E-state index in [2.05, 4.69) is 28.1 Å². The first-order valence-electron chi connectivity index (χ1n) is 3.46. The van der Waals surface area contributed by atoms with E-state index in [0.717, 1.165) is 0 Å². The van der Waals surface area contributed by atoms with Gasteiger partial charge in [0.2, 0.25) is 0 Å². The summed E-state index contributed by atoms with van der Waals surface area (Å²) in [5.74, 6) is -0.332. The Balaban J connectivity index is 2.54. The predicted molar refractivity (Wildman–Crippen MR) is 51.6 cm³/mol.